The predicted molar refractivity (Wildman–Crippen MR) is 104 cm³/mol. The molecule has 0 aromatic heterocycles. The number of carbonyl (C=O) groups is 1. The van der Waals surface area contributed by atoms with Gasteiger partial charge in [-0.1, -0.05) is 17.7 Å². The molecule has 0 N–H and O–H groups in total. The van der Waals surface area contributed by atoms with Crippen LogP contribution in [0.5, 0.6) is 0 Å². The van der Waals surface area contributed by atoms with Crippen LogP contribution >= 0.6 is 0 Å². The van der Waals surface area contributed by atoms with Crippen LogP contribution in [0.1, 0.15) is 22.8 Å². The van der Waals surface area contributed by atoms with Crippen molar-refractivity contribution in [3.05, 3.63) is 73.8 Å². The predicted octanol–water partition coefficient (Wildman–Crippen LogP) is 3.16. The molecule has 0 spiro atoms. The van der Waals surface area contributed by atoms with Gasteiger partial charge in [0.15, 0.2) is 0 Å². The van der Waals surface area contributed by atoms with Crippen molar-refractivity contribution in [2.24, 2.45) is 0 Å². The van der Waals surface area contributed by atoms with Crippen LogP contribution < -0.4 is 4.90 Å². The average Bonchev–Trinajstić information content (AvgIpc) is 2.67. The summed E-state index contributed by atoms with van der Waals surface area (Å²) < 4.78 is 0. The Labute approximate surface area is 161 Å². The van der Waals surface area contributed by atoms with Gasteiger partial charge in [0.2, 0.25) is 0 Å². The minimum atomic E-state index is -0.655. The smallest absolute Gasteiger partial charge is 0.299 e. The topological polar surface area (TPSA) is 110 Å². The average molecular weight is 384 g/mol. The van der Waals surface area contributed by atoms with Crippen LogP contribution in [-0.2, 0) is 0 Å². The maximum Gasteiger partial charge on any atom is 0.299 e. The first-order chi connectivity index (χ1) is 13.3. The van der Waals surface area contributed by atoms with Gasteiger partial charge in [-0.25, -0.2) is 0 Å². The summed E-state index contributed by atoms with van der Waals surface area (Å²) in [4.78, 5) is 37.4. The van der Waals surface area contributed by atoms with Gasteiger partial charge in [0.1, 0.15) is 5.69 Å². The van der Waals surface area contributed by atoms with E-state index in [9.17, 15) is 25.0 Å². The van der Waals surface area contributed by atoms with E-state index in [1.807, 2.05) is 26.0 Å². The first-order valence-electron chi connectivity index (χ1n) is 8.83. The first-order valence-corrected chi connectivity index (χ1v) is 8.83. The molecule has 0 saturated carbocycles. The van der Waals surface area contributed by atoms with Gasteiger partial charge >= 0.3 is 0 Å². The van der Waals surface area contributed by atoms with E-state index in [1.165, 1.54) is 12.1 Å². The number of piperazine rings is 1. The summed E-state index contributed by atoms with van der Waals surface area (Å²) in [6, 6.07) is 10.8. The van der Waals surface area contributed by atoms with Gasteiger partial charge in [-0.3, -0.25) is 25.0 Å². The second-order valence-electron chi connectivity index (χ2n) is 6.85. The number of carbonyl (C=O) groups excluding carboxylic acids is 1. The summed E-state index contributed by atoms with van der Waals surface area (Å²) in [7, 11) is 0. The Morgan fingerprint density at radius 1 is 1.04 bits per heavy atom. The molecule has 9 nitrogen and oxygen atoms in total. The number of aryl methyl sites for hydroxylation is 1. The zero-order valence-electron chi connectivity index (χ0n) is 15.6. The number of nitro benzene ring substituents is 2. The van der Waals surface area contributed by atoms with E-state index >= 15 is 0 Å². The van der Waals surface area contributed by atoms with Crippen LogP contribution in [0.2, 0.25) is 0 Å². The molecule has 1 atom stereocenters. The molecule has 146 valence electrons. The summed E-state index contributed by atoms with van der Waals surface area (Å²) in [6.07, 6.45) is 0. The second kappa shape index (κ2) is 7.63. The standard InChI is InChI=1S/C19H20N4O5/c1-13-3-5-15(6-4-13)19(24)21-10-9-20(12-14(21)2)17-8-7-16(22(25)26)11-18(17)23(27)28/h3-8,11,14H,9-10,12H2,1-2H3/t14-/m1/s1. The Bertz CT molecular complexity index is 928. The van der Waals surface area contributed by atoms with Crippen LogP contribution in [0, 0.1) is 27.2 Å². The fourth-order valence-corrected chi connectivity index (χ4v) is 3.38. The monoisotopic (exact) mass is 384 g/mol. The highest BCUT2D eigenvalue weighted by Crippen LogP contribution is 2.33. The fourth-order valence-electron chi connectivity index (χ4n) is 3.38. The van der Waals surface area contributed by atoms with Crippen molar-refractivity contribution >= 4 is 23.0 Å². The Balaban J connectivity index is 1.80. The molecular formula is C19H20N4O5. The molecule has 2 aromatic carbocycles. The van der Waals surface area contributed by atoms with Crippen molar-refractivity contribution in [2.75, 3.05) is 24.5 Å². The number of non-ortho nitro benzene ring substituents is 1. The van der Waals surface area contributed by atoms with Gasteiger partial charge < -0.3 is 9.80 Å². The fraction of sp³-hybridized carbons (Fsp3) is 0.316. The van der Waals surface area contributed by atoms with E-state index in [1.54, 1.807) is 21.9 Å². The minimum absolute atomic E-state index is 0.0784. The van der Waals surface area contributed by atoms with E-state index < -0.39 is 9.85 Å². The van der Waals surface area contributed by atoms with E-state index in [4.69, 9.17) is 0 Å². The Kier molecular flexibility index (Phi) is 5.25. The lowest BCUT2D eigenvalue weighted by Gasteiger charge is -2.40. The highest BCUT2D eigenvalue weighted by molar-refractivity contribution is 5.94. The molecule has 1 heterocycles. The zero-order valence-corrected chi connectivity index (χ0v) is 15.6. The maximum absolute atomic E-state index is 12.8. The van der Waals surface area contributed by atoms with Crippen molar-refractivity contribution in [3.63, 3.8) is 0 Å². The molecule has 1 aliphatic rings. The number of anilines is 1. The number of nitro groups is 2. The largest absolute Gasteiger partial charge is 0.362 e. The van der Waals surface area contributed by atoms with Crippen molar-refractivity contribution in [3.8, 4) is 0 Å². The number of amides is 1. The van der Waals surface area contributed by atoms with Crippen LogP contribution in [0.15, 0.2) is 42.5 Å². The summed E-state index contributed by atoms with van der Waals surface area (Å²) >= 11 is 0. The third kappa shape index (κ3) is 3.78. The highest BCUT2D eigenvalue weighted by atomic mass is 16.6. The number of hydrogen-bond acceptors (Lipinski definition) is 6. The molecule has 1 fully saturated rings. The lowest BCUT2D eigenvalue weighted by Crippen LogP contribution is -2.54. The zero-order chi connectivity index (χ0) is 20.4. The van der Waals surface area contributed by atoms with E-state index in [-0.39, 0.29) is 23.3 Å². The molecule has 0 bridgehead atoms. The van der Waals surface area contributed by atoms with Crippen molar-refractivity contribution in [2.45, 2.75) is 19.9 Å². The molecule has 0 radical (unpaired) electrons. The molecule has 1 amide bonds. The van der Waals surface area contributed by atoms with Crippen LogP contribution in [0.25, 0.3) is 0 Å². The Morgan fingerprint density at radius 3 is 2.29 bits per heavy atom. The molecule has 9 heteroatoms. The van der Waals surface area contributed by atoms with Gasteiger partial charge in [0, 0.05) is 37.3 Å². The van der Waals surface area contributed by atoms with Crippen LogP contribution in [0.3, 0.4) is 0 Å². The molecule has 1 aliphatic heterocycles. The Morgan fingerprint density at radius 2 is 1.71 bits per heavy atom. The van der Waals surface area contributed by atoms with E-state index in [0.29, 0.717) is 30.9 Å². The number of hydrogen-bond donors (Lipinski definition) is 0. The van der Waals surface area contributed by atoms with Crippen LogP contribution in [-0.4, -0.2) is 46.3 Å². The summed E-state index contributed by atoms with van der Waals surface area (Å²) in [5.74, 6) is -0.0784. The number of nitrogens with zero attached hydrogens (tertiary/aromatic N) is 4. The molecule has 1 saturated heterocycles. The lowest BCUT2D eigenvalue weighted by molar-refractivity contribution is -0.393. The third-order valence-electron chi connectivity index (χ3n) is 4.89. The molecular weight excluding hydrogens is 364 g/mol. The summed E-state index contributed by atoms with van der Waals surface area (Å²) in [5.41, 5.74) is 1.37. The number of rotatable bonds is 4. The van der Waals surface area contributed by atoms with E-state index in [2.05, 4.69) is 0 Å². The van der Waals surface area contributed by atoms with E-state index in [0.717, 1.165) is 11.6 Å². The quantitative estimate of drug-likeness (QED) is 0.591. The normalized spacial score (nSPS) is 16.7. The van der Waals surface area contributed by atoms with Gasteiger partial charge in [-0.15, -0.1) is 0 Å². The maximum atomic E-state index is 12.8. The molecule has 0 unspecified atom stereocenters. The lowest BCUT2D eigenvalue weighted by atomic mass is 10.1. The SMILES string of the molecule is Cc1ccc(C(=O)N2CCN(c3ccc([N+](=O)[O-])cc3[N+](=O)[O-])C[C@H]2C)cc1. The molecule has 0 aliphatic carbocycles. The summed E-state index contributed by atoms with van der Waals surface area (Å²) in [5, 5.41) is 22.3. The van der Waals surface area contributed by atoms with Gasteiger partial charge in [-0.05, 0) is 32.0 Å². The van der Waals surface area contributed by atoms with Crippen molar-refractivity contribution < 1.29 is 14.6 Å². The Hall–Kier alpha value is -3.49. The summed E-state index contributed by atoms with van der Waals surface area (Å²) in [6.45, 7) is 5.04. The van der Waals surface area contributed by atoms with Crippen molar-refractivity contribution in [1.82, 2.24) is 4.90 Å². The van der Waals surface area contributed by atoms with Gasteiger partial charge in [0.05, 0.1) is 15.9 Å². The second-order valence-corrected chi connectivity index (χ2v) is 6.85. The van der Waals surface area contributed by atoms with Gasteiger partial charge in [-0.2, -0.15) is 0 Å². The van der Waals surface area contributed by atoms with Crippen molar-refractivity contribution in [1.29, 1.82) is 0 Å². The molecule has 28 heavy (non-hydrogen) atoms. The highest BCUT2D eigenvalue weighted by Gasteiger charge is 2.31. The molecule has 3 rings (SSSR count). The molecule has 2 aromatic rings. The number of benzene rings is 2. The van der Waals surface area contributed by atoms with Crippen LogP contribution in [0.4, 0.5) is 17.1 Å². The third-order valence-corrected chi connectivity index (χ3v) is 4.89. The van der Waals surface area contributed by atoms with Gasteiger partial charge in [0.25, 0.3) is 17.3 Å². The minimum Gasteiger partial charge on any atom is -0.362 e. The first kappa shape index (κ1) is 19.3.